The molecular formula is C52H49N5O. The van der Waals surface area contributed by atoms with Gasteiger partial charge in [0.25, 0.3) is 6.33 Å². The fourth-order valence-corrected chi connectivity index (χ4v) is 7.98. The van der Waals surface area contributed by atoms with E-state index >= 15 is 0 Å². The molecule has 6 nitrogen and oxygen atoms in total. The maximum atomic E-state index is 6.65. The van der Waals surface area contributed by atoms with Crippen LogP contribution >= 0.6 is 0 Å². The lowest BCUT2D eigenvalue weighted by Crippen LogP contribution is -2.31. The van der Waals surface area contributed by atoms with E-state index in [2.05, 4.69) is 202 Å². The topological polar surface area (TPSA) is 48.8 Å². The van der Waals surface area contributed by atoms with Crippen molar-refractivity contribution in [1.82, 2.24) is 19.1 Å². The van der Waals surface area contributed by atoms with Crippen molar-refractivity contribution in [3.8, 4) is 28.7 Å². The number of pyridine rings is 2. The van der Waals surface area contributed by atoms with Crippen molar-refractivity contribution in [1.29, 1.82) is 0 Å². The van der Waals surface area contributed by atoms with Crippen molar-refractivity contribution >= 4 is 32.8 Å². The van der Waals surface area contributed by atoms with Gasteiger partial charge in [0.2, 0.25) is 0 Å². The second-order valence-corrected chi connectivity index (χ2v) is 17.9. The monoisotopic (exact) mass is 759 g/mol. The summed E-state index contributed by atoms with van der Waals surface area (Å²) in [5.74, 6) is 2.20. The van der Waals surface area contributed by atoms with E-state index < -0.39 is 0 Å². The van der Waals surface area contributed by atoms with Gasteiger partial charge in [0.1, 0.15) is 17.3 Å². The Bertz CT molecular complexity index is 2940. The highest BCUT2D eigenvalue weighted by atomic mass is 16.5. The number of fused-ring (bicyclic) bond motifs is 4. The van der Waals surface area contributed by atoms with Crippen LogP contribution in [0, 0.1) is 6.33 Å². The number of imidazole rings is 1. The first-order valence-corrected chi connectivity index (χ1v) is 20.1. The first kappa shape index (κ1) is 37.1. The van der Waals surface area contributed by atoms with E-state index in [-0.39, 0.29) is 16.2 Å². The van der Waals surface area contributed by atoms with Crippen LogP contribution in [0.5, 0.6) is 11.5 Å². The van der Waals surface area contributed by atoms with Gasteiger partial charge in [-0.3, -0.25) is 18.7 Å². The molecule has 0 aliphatic rings. The highest BCUT2D eigenvalue weighted by Crippen LogP contribution is 2.38. The molecule has 0 fully saturated rings. The van der Waals surface area contributed by atoms with E-state index in [1.165, 1.54) is 22.3 Å². The second kappa shape index (κ2) is 13.8. The van der Waals surface area contributed by atoms with Crippen LogP contribution in [0.15, 0.2) is 152 Å². The highest BCUT2D eigenvalue weighted by Gasteiger charge is 2.25. The average molecular weight is 760 g/mol. The molecule has 0 atom stereocenters. The van der Waals surface area contributed by atoms with Gasteiger partial charge >= 0.3 is 0 Å². The minimum Gasteiger partial charge on any atom is -0.456 e. The Morgan fingerprint density at radius 2 is 1.22 bits per heavy atom. The summed E-state index contributed by atoms with van der Waals surface area (Å²) < 4.78 is 13.1. The fourth-order valence-electron chi connectivity index (χ4n) is 7.98. The third-order valence-electron chi connectivity index (χ3n) is 11.5. The zero-order valence-corrected chi connectivity index (χ0v) is 34.6. The van der Waals surface area contributed by atoms with Crippen LogP contribution < -0.4 is 9.30 Å². The molecule has 0 saturated heterocycles. The first-order valence-electron chi connectivity index (χ1n) is 20.1. The lowest BCUT2D eigenvalue weighted by Gasteiger charge is -2.26. The number of benzene rings is 5. The number of hydrogen-bond donors (Lipinski definition) is 0. The van der Waals surface area contributed by atoms with Gasteiger partial charge in [-0.1, -0.05) is 134 Å². The molecule has 4 heterocycles. The van der Waals surface area contributed by atoms with Crippen LogP contribution in [0.3, 0.4) is 0 Å². The van der Waals surface area contributed by atoms with Crippen LogP contribution in [0.25, 0.3) is 50.0 Å². The molecule has 0 aliphatic carbocycles. The Morgan fingerprint density at radius 1 is 0.552 bits per heavy atom. The Morgan fingerprint density at radius 3 is 1.97 bits per heavy atom. The summed E-state index contributed by atoms with van der Waals surface area (Å²) in [5.41, 5.74) is 10.9. The van der Waals surface area contributed by atoms with E-state index in [9.17, 15) is 0 Å². The number of para-hydroxylation sites is 3. The molecule has 5 aromatic carbocycles. The second-order valence-electron chi connectivity index (χ2n) is 17.9. The molecule has 4 aromatic heterocycles. The number of nitrogens with zero attached hydrogens (tertiary/aromatic N) is 5. The summed E-state index contributed by atoms with van der Waals surface area (Å²) in [7, 11) is 0. The van der Waals surface area contributed by atoms with Gasteiger partial charge in [0.15, 0.2) is 0 Å². The van der Waals surface area contributed by atoms with Gasteiger partial charge in [-0.05, 0) is 81.6 Å². The number of ether oxygens (including phenoxy) is 1. The number of aromatic nitrogens is 5. The Hall–Kier alpha value is -6.53. The summed E-state index contributed by atoms with van der Waals surface area (Å²) in [6.07, 6.45) is 9.24. The molecule has 58 heavy (non-hydrogen) atoms. The summed E-state index contributed by atoms with van der Waals surface area (Å²) >= 11 is 0. The third kappa shape index (κ3) is 6.62. The number of hydrogen-bond acceptors (Lipinski definition) is 3. The normalized spacial score (nSPS) is 12.5. The van der Waals surface area contributed by atoms with E-state index in [1.54, 1.807) is 6.20 Å². The summed E-state index contributed by atoms with van der Waals surface area (Å²) in [6, 6.07) is 47.2. The van der Waals surface area contributed by atoms with Gasteiger partial charge < -0.3 is 4.74 Å². The van der Waals surface area contributed by atoms with Crippen LogP contribution in [-0.4, -0.2) is 19.1 Å². The smallest absolute Gasteiger partial charge is 0.269 e. The summed E-state index contributed by atoms with van der Waals surface area (Å²) in [4.78, 5) is 9.60. The van der Waals surface area contributed by atoms with E-state index in [0.29, 0.717) is 11.5 Å². The molecule has 9 rings (SSSR count). The summed E-state index contributed by atoms with van der Waals surface area (Å²) in [6.45, 7) is 18.2. The zero-order chi connectivity index (χ0) is 40.4. The van der Waals surface area contributed by atoms with Crippen molar-refractivity contribution in [3.05, 3.63) is 181 Å². The molecule has 0 radical (unpaired) electrons. The first-order chi connectivity index (χ1) is 27.8. The molecule has 9 aromatic rings. The van der Waals surface area contributed by atoms with Crippen LogP contribution in [0.4, 0.5) is 0 Å². The van der Waals surface area contributed by atoms with Gasteiger partial charge in [-0.25, -0.2) is 4.98 Å². The SMILES string of the molecule is CC(C)(C)c1cc(-[n+]2[c-]n(-c3cncc(Oc4ccc5c6ccccc6n(-c6cc(C(C)(C)c7ccccc7)ccn6)c5c4)c3)c3ccccc32)cc(C(C)(C)C)c1. The van der Waals surface area contributed by atoms with Crippen molar-refractivity contribution < 1.29 is 9.30 Å². The quantitative estimate of drug-likeness (QED) is 0.120. The molecule has 288 valence electrons. The molecule has 0 amide bonds. The van der Waals surface area contributed by atoms with E-state index in [4.69, 9.17) is 9.72 Å². The van der Waals surface area contributed by atoms with Crippen molar-refractivity contribution in [2.75, 3.05) is 0 Å². The van der Waals surface area contributed by atoms with Crippen LogP contribution in [0.2, 0.25) is 0 Å². The Labute approximate surface area is 341 Å². The third-order valence-corrected chi connectivity index (χ3v) is 11.5. The highest BCUT2D eigenvalue weighted by molar-refractivity contribution is 6.09. The zero-order valence-electron chi connectivity index (χ0n) is 34.6. The number of rotatable bonds is 7. The van der Waals surface area contributed by atoms with Gasteiger partial charge in [-0.15, -0.1) is 0 Å². The molecule has 0 spiro atoms. The largest absolute Gasteiger partial charge is 0.456 e. The lowest BCUT2D eigenvalue weighted by molar-refractivity contribution is -0.572. The maximum Gasteiger partial charge on any atom is 0.269 e. The predicted molar refractivity (Wildman–Crippen MR) is 236 cm³/mol. The lowest BCUT2D eigenvalue weighted by atomic mass is 9.78. The standard InChI is InChI=1S/C52H49N5O/c1-50(2,3)37-26-38(51(4,5)6)28-39(27-37)55-34-56(47-21-15-14-20-46(47)55)40-30-42(33-53-32-40)58-41-22-23-44-43-18-12-13-19-45(43)57(48(44)31-41)49-29-36(24-25-54-49)52(7,8)35-16-10-9-11-17-35/h9-33H,1-8H3. The van der Waals surface area contributed by atoms with E-state index in [0.717, 1.165) is 50.0 Å². The molecule has 0 bridgehead atoms. The molecule has 0 unspecified atom stereocenters. The van der Waals surface area contributed by atoms with Crippen molar-refractivity contribution in [2.24, 2.45) is 0 Å². The Kier molecular flexibility index (Phi) is 8.85. The van der Waals surface area contributed by atoms with Crippen LogP contribution in [0.1, 0.15) is 77.6 Å². The molecule has 0 aliphatic heterocycles. The van der Waals surface area contributed by atoms with E-state index in [1.807, 2.05) is 24.5 Å². The molecule has 0 N–H and O–H groups in total. The van der Waals surface area contributed by atoms with Crippen LogP contribution in [-0.2, 0) is 16.2 Å². The molecule has 6 heteroatoms. The average Bonchev–Trinajstić information content (AvgIpc) is 3.77. The Balaban J connectivity index is 1.11. The maximum absolute atomic E-state index is 6.65. The molecular weight excluding hydrogens is 711 g/mol. The van der Waals surface area contributed by atoms with Gasteiger partial charge in [0.05, 0.1) is 39.6 Å². The minimum atomic E-state index is -0.211. The molecule has 0 saturated carbocycles. The summed E-state index contributed by atoms with van der Waals surface area (Å²) in [5, 5.41) is 2.29. The van der Waals surface area contributed by atoms with Gasteiger partial charge in [-0.2, -0.15) is 0 Å². The minimum absolute atomic E-state index is 0.0122. The van der Waals surface area contributed by atoms with Crippen molar-refractivity contribution in [2.45, 2.75) is 71.6 Å². The van der Waals surface area contributed by atoms with Gasteiger partial charge in [0, 0.05) is 34.6 Å². The predicted octanol–water partition coefficient (Wildman–Crippen LogP) is 12.3. The van der Waals surface area contributed by atoms with Crippen molar-refractivity contribution in [3.63, 3.8) is 0 Å². The fraction of sp³-hybridized carbons (Fsp3) is 0.212.